The third kappa shape index (κ3) is 1.44. The number of likely N-dealkylation sites (tertiary alicyclic amines) is 1. The van der Waals surface area contributed by atoms with Gasteiger partial charge in [0, 0.05) is 22.6 Å². The first-order valence-corrected chi connectivity index (χ1v) is 9.26. The van der Waals surface area contributed by atoms with Crippen molar-refractivity contribution in [3.8, 4) is 11.5 Å². The zero-order valence-corrected chi connectivity index (χ0v) is 14.9. The first kappa shape index (κ1) is 14.2. The highest BCUT2D eigenvalue weighted by Gasteiger charge is 2.65. The van der Waals surface area contributed by atoms with Gasteiger partial charge in [-0.05, 0) is 57.3 Å². The highest BCUT2D eigenvalue weighted by molar-refractivity contribution is 5.62. The van der Waals surface area contributed by atoms with Crippen molar-refractivity contribution in [2.45, 2.75) is 43.7 Å². The minimum Gasteiger partial charge on any atom is -0.493 e. The molecule has 6 rings (SSSR count). The number of aryl methyl sites for hydroxylation is 1. The van der Waals surface area contributed by atoms with E-state index in [1.54, 1.807) is 7.11 Å². The normalized spacial score (nSPS) is 34.3. The molecule has 1 saturated heterocycles. The number of hydrogen-bond donors (Lipinski definition) is 1. The van der Waals surface area contributed by atoms with Crippen LogP contribution in [-0.4, -0.2) is 41.8 Å². The summed E-state index contributed by atoms with van der Waals surface area (Å²) in [7, 11) is 4.03. The predicted octanol–water partition coefficient (Wildman–Crippen LogP) is 2.53. The van der Waals surface area contributed by atoms with E-state index in [0.717, 1.165) is 43.0 Å². The summed E-state index contributed by atoms with van der Waals surface area (Å²) in [6.45, 7) is 3.24. The molecule has 130 valence electrons. The molecule has 0 unspecified atom stereocenters. The molecule has 1 fully saturated rings. The molecule has 1 aromatic heterocycles. The van der Waals surface area contributed by atoms with Gasteiger partial charge >= 0.3 is 0 Å². The molecule has 1 N–H and O–H groups in total. The lowest BCUT2D eigenvalue weighted by Gasteiger charge is -2.57. The molecule has 1 spiro atoms. The lowest BCUT2D eigenvalue weighted by molar-refractivity contribution is -0.0257. The van der Waals surface area contributed by atoms with Crippen molar-refractivity contribution in [3.05, 3.63) is 40.2 Å². The third-order valence-electron chi connectivity index (χ3n) is 7.39. The molecule has 2 aromatic rings. The van der Waals surface area contributed by atoms with E-state index in [4.69, 9.17) is 9.47 Å². The van der Waals surface area contributed by atoms with Crippen LogP contribution in [0.15, 0.2) is 12.1 Å². The fourth-order valence-electron chi connectivity index (χ4n) is 6.24. The molecule has 0 radical (unpaired) electrons. The largest absolute Gasteiger partial charge is 0.493 e. The Balaban J connectivity index is 1.69. The van der Waals surface area contributed by atoms with E-state index < -0.39 is 0 Å². The first-order valence-electron chi connectivity index (χ1n) is 9.26. The second-order valence-electron chi connectivity index (χ2n) is 8.18. The zero-order valence-electron chi connectivity index (χ0n) is 14.9. The number of nitrogens with zero attached hydrogens (tertiary/aromatic N) is 2. The molecule has 4 atom stereocenters. The lowest BCUT2D eigenvalue weighted by atomic mass is 9.51. The number of rotatable bonds is 1. The van der Waals surface area contributed by atoms with Crippen molar-refractivity contribution in [2.24, 2.45) is 5.92 Å². The van der Waals surface area contributed by atoms with Crippen molar-refractivity contribution < 1.29 is 9.47 Å². The Hall–Kier alpha value is -2.01. The van der Waals surface area contributed by atoms with Crippen LogP contribution in [0.5, 0.6) is 11.5 Å². The highest BCUT2D eigenvalue weighted by atomic mass is 16.5. The summed E-state index contributed by atoms with van der Waals surface area (Å²) >= 11 is 0. The predicted molar refractivity (Wildman–Crippen MR) is 93.3 cm³/mol. The summed E-state index contributed by atoms with van der Waals surface area (Å²) in [6.07, 6.45) is 3.39. The van der Waals surface area contributed by atoms with E-state index in [0.29, 0.717) is 12.0 Å². The van der Waals surface area contributed by atoms with E-state index in [1.807, 2.05) is 0 Å². The Bertz CT molecular complexity index is 905. The maximum atomic E-state index is 6.66. The first-order chi connectivity index (χ1) is 12.1. The molecule has 2 aliphatic heterocycles. The number of benzene rings is 1. The number of fused-ring (bicyclic) bond motifs is 2. The Kier molecular flexibility index (Phi) is 2.49. The van der Waals surface area contributed by atoms with Gasteiger partial charge < -0.3 is 14.4 Å². The van der Waals surface area contributed by atoms with Crippen LogP contribution in [0, 0.1) is 12.8 Å². The van der Waals surface area contributed by atoms with Crippen LogP contribution >= 0.6 is 0 Å². The fraction of sp³-hybridized carbons (Fsp3) is 0.550. The maximum absolute atomic E-state index is 6.66. The van der Waals surface area contributed by atoms with E-state index >= 15 is 0 Å². The van der Waals surface area contributed by atoms with Crippen LogP contribution in [0.25, 0.3) is 0 Å². The molecule has 4 aliphatic rings. The molecule has 0 amide bonds. The van der Waals surface area contributed by atoms with E-state index in [-0.39, 0.29) is 11.5 Å². The molecule has 2 aliphatic carbocycles. The number of methoxy groups -OCH3 is 1. The quantitative estimate of drug-likeness (QED) is 0.869. The van der Waals surface area contributed by atoms with Gasteiger partial charge in [-0.1, -0.05) is 6.07 Å². The van der Waals surface area contributed by atoms with Gasteiger partial charge in [0.15, 0.2) is 17.6 Å². The summed E-state index contributed by atoms with van der Waals surface area (Å²) in [6, 6.07) is 4.92. The molecule has 1 aromatic carbocycles. The molecule has 3 heterocycles. The number of ether oxygens (including phenoxy) is 2. The van der Waals surface area contributed by atoms with Crippen molar-refractivity contribution in [1.82, 2.24) is 15.1 Å². The number of aromatic nitrogens is 2. The summed E-state index contributed by atoms with van der Waals surface area (Å²) in [5.74, 6) is 2.44. The summed E-state index contributed by atoms with van der Waals surface area (Å²) < 4.78 is 12.3. The topological polar surface area (TPSA) is 50.4 Å². The number of aromatic amines is 1. The fourth-order valence-corrected chi connectivity index (χ4v) is 6.24. The van der Waals surface area contributed by atoms with Gasteiger partial charge in [-0.15, -0.1) is 0 Å². The average molecular weight is 337 g/mol. The van der Waals surface area contributed by atoms with E-state index in [1.165, 1.54) is 22.4 Å². The van der Waals surface area contributed by atoms with Gasteiger partial charge in [0.2, 0.25) is 0 Å². The SMILES string of the molecule is COc1ccc2c3c1O[C@H]1c4[nH]nc(C)c4C[C@H]4[C@H](C2)N(C)CC[C@]314. The Morgan fingerprint density at radius 3 is 3.08 bits per heavy atom. The van der Waals surface area contributed by atoms with Crippen molar-refractivity contribution in [2.75, 3.05) is 20.7 Å². The van der Waals surface area contributed by atoms with Crippen LogP contribution < -0.4 is 9.47 Å². The van der Waals surface area contributed by atoms with Gasteiger partial charge in [-0.2, -0.15) is 5.10 Å². The number of nitrogens with one attached hydrogen (secondary N) is 1. The van der Waals surface area contributed by atoms with Gasteiger partial charge in [0.1, 0.15) is 0 Å². The minimum atomic E-state index is 0.0454. The van der Waals surface area contributed by atoms with Crippen molar-refractivity contribution in [3.63, 3.8) is 0 Å². The van der Waals surface area contributed by atoms with Crippen LogP contribution in [0.4, 0.5) is 0 Å². The number of likely N-dealkylation sites (N-methyl/N-ethyl adjacent to an activating group) is 1. The smallest absolute Gasteiger partial charge is 0.166 e. The lowest BCUT2D eigenvalue weighted by Crippen LogP contribution is -2.62. The van der Waals surface area contributed by atoms with Crippen molar-refractivity contribution in [1.29, 1.82) is 0 Å². The van der Waals surface area contributed by atoms with E-state index in [2.05, 4.69) is 41.2 Å². The number of hydrogen-bond acceptors (Lipinski definition) is 4. The summed E-state index contributed by atoms with van der Waals surface area (Å²) in [5, 5.41) is 7.84. The van der Waals surface area contributed by atoms with Gasteiger partial charge in [-0.3, -0.25) is 5.10 Å². The Labute approximate surface area is 147 Å². The maximum Gasteiger partial charge on any atom is 0.166 e. The zero-order chi connectivity index (χ0) is 16.9. The Morgan fingerprint density at radius 2 is 2.24 bits per heavy atom. The molecule has 25 heavy (non-hydrogen) atoms. The molecular weight excluding hydrogens is 314 g/mol. The number of H-pyrrole nitrogens is 1. The van der Waals surface area contributed by atoms with E-state index in [9.17, 15) is 0 Å². The number of piperidine rings is 1. The average Bonchev–Trinajstić information content (AvgIpc) is 3.15. The van der Waals surface area contributed by atoms with Crippen LogP contribution in [0.1, 0.15) is 40.6 Å². The van der Waals surface area contributed by atoms with Crippen LogP contribution in [-0.2, 0) is 18.3 Å². The van der Waals surface area contributed by atoms with Gasteiger partial charge in [0.05, 0.1) is 18.5 Å². The standard InChI is InChI=1S/C20H23N3O2/c1-10-12-9-13-14-8-11-4-5-15(24-3)18-16(11)20(13,6-7-23(14)2)19(25-18)17(12)22-21-10/h4-5,13-14,19H,6-9H2,1-3H3,(H,21,22)/t13-,14-,19-,20-/m0/s1. The van der Waals surface area contributed by atoms with Gasteiger partial charge in [0.25, 0.3) is 0 Å². The monoisotopic (exact) mass is 337 g/mol. The van der Waals surface area contributed by atoms with Crippen molar-refractivity contribution >= 4 is 0 Å². The highest BCUT2D eigenvalue weighted by Crippen LogP contribution is 2.67. The molecule has 5 nitrogen and oxygen atoms in total. The van der Waals surface area contributed by atoms with Crippen LogP contribution in [0.3, 0.4) is 0 Å². The second kappa shape index (κ2) is 4.39. The molecule has 2 bridgehead atoms. The molecule has 5 heteroatoms. The van der Waals surface area contributed by atoms with Crippen LogP contribution in [0.2, 0.25) is 0 Å². The second-order valence-corrected chi connectivity index (χ2v) is 8.18. The Morgan fingerprint density at radius 1 is 1.36 bits per heavy atom. The summed E-state index contributed by atoms with van der Waals surface area (Å²) in [5.41, 5.74) is 6.66. The summed E-state index contributed by atoms with van der Waals surface area (Å²) in [4.78, 5) is 2.57. The molecule has 0 saturated carbocycles. The minimum absolute atomic E-state index is 0.0454. The van der Waals surface area contributed by atoms with Gasteiger partial charge in [-0.25, -0.2) is 0 Å². The molecular formula is C20H23N3O2. The third-order valence-corrected chi connectivity index (χ3v) is 7.39.